The summed E-state index contributed by atoms with van der Waals surface area (Å²) in [6.07, 6.45) is 2.00. The number of nitrogens with two attached hydrogens (primary N) is 1. The van der Waals surface area contributed by atoms with Gasteiger partial charge in [-0.15, -0.1) is 0 Å². The van der Waals surface area contributed by atoms with Crippen LogP contribution in [-0.4, -0.2) is 30.6 Å². The average Bonchev–Trinajstić information content (AvgIpc) is 2.40. The molecule has 1 aromatic carbocycles. The Kier molecular flexibility index (Phi) is 7.28. The Labute approximate surface area is 115 Å². The van der Waals surface area contributed by atoms with Gasteiger partial charge < -0.3 is 4.90 Å². The minimum absolute atomic E-state index is 0.312. The largest absolute Gasteiger partial charge is 0.304 e. The van der Waals surface area contributed by atoms with Gasteiger partial charge in [-0.3, -0.25) is 11.3 Å². The lowest BCUT2D eigenvalue weighted by molar-refractivity contribution is 0.281. The van der Waals surface area contributed by atoms with Crippen molar-refractivity contribution in [1.82, 2.24) is 10.3 Å². The topological polar surface area (TPSA) is 41.3 Å². The molecule has 0 radical (unpaired) electrons. The van der Waals surface area contributed by atoms with Crippen molar-refractivity contribution in [3.8, 4) is 0 Å². The summed E-state index contributed by atoms with van der Waals surface area (Å²) >= 11 is 5.88. The molecule has 102 valence electrons. The van der Waals surface area contributed by atoms with Gasteiger partial charge in [0.2, 0.25) is 0 Å². The number of benzene rings is 1. The lowest BCUT2D eigenvalue weighted by atomic mass is 10.0. The van der Waals surface area contributed by atoms with Crippen molar-refractivity contribution in [2.24, 2.45) is 5.84 Å². The Morgan fingerprint density at radius 3 is 2.33 bits per heavy atom. The second-order valence-corrected chi connectivity index (χ2v) is 4.95. The quantitative estimate of drug-likeness (QED) is 0.563. The molecule has 0 aliphatic heterocycles. The molecule has 0 bridgehead atoms. The molecule has 1 atom stereocenters. The van der Waals surface area contributed by atoms with E-state index in [-0.39, 0.29) is 0 Å². The summed E-state index contributed by atoms with van der Waals surface area (Å²) in [5, 5.41) is 0.777. The van der Waals surface area contributed by atoms with Crippen LogP contribution < -0.4 is 11.3 Å². The number of hydrazine groups is 1. The van der Waals surface area contributed by atoms with Gasteiger partial charge >= 0.3 is 0 Å². The van der Waals surface area contributed by atoms with E-state index in [9.17, 15) is 0 Å². The van der Waals surface area contributed by atoms with Gasteiger partial charge in [0.15, 0.2) is 0 Å². The second kappa shape index (κ2) is 8.48. The van der Waals surface area contributed by atoms with E-state index in [0.717, 1.165) is 37.5 Å². The lowest BCUT2D eigenvalue weighted by Crippen LogP contribution is -2.39. The third-order valence-corrected chi connectivity index (χ3v) is 3.57. The molecule has 0 aromatic heterocycles. The Morgan fingerprint density at radius 1 is 1.22 bits per heavy atom. The molecule has 0 spiro atoms. The normalized spacial score (nSPS) is 12.9. The highest BCUT2D eigenvalue weighted by atomic mass is 35.5. The summed E-state index contributed by atoms with van der Waals surface area (Å²) in [6.45, 7) is 7.64. The van der Waals surface area contributed by atoms with Gasteiger partial charge in [0.1, 0.15) is 0 Å². The van der Waals surface area contributed by atoms with Gasteiger partial charge in [0, 0.05) is 11.1 Å². The van der Waals surface area contributed by atoms with Crippen LogP contribution >= 0.6 is 11.6 Å². The summed E-state index contributed by atoms with van der Waals surface area (Å²) in [4.78, 5) is 2.41. The van der Waals surface area contributed by atoms with Crippen molar-refractivity contribution in [3.05, 3.63) is 34.9 Å². The Morgan fingerprint density at radius 2 is 1.83 bits per heavy atom. The van der Waals surface area contributed by atoms with E-state index in [0.29, 0.717) is 6.04 Å². The molecule has 0 heterocycles. The lowest BCUT2D eigenvalue weighted by Gasteiger charge is -2.22. The maximum atomic E-state index is 5.88. The van der Waals surface area contributed by atoms with E-state index in [4.69, 9.17) is 17.4 Å². The minimum atomic E-state index is 0.312. The van der Waals surface area contributed by atoms with Gasteiger partial charge in [-0.25, -0.2) is 0 Å². The summed E-state index contributed by atoms with van der Waals surface area (Å²) in [5.41, 5.74) is 4.17. The van der Waals surface area contributed by atoms with Gasteiger partial charge in [-0.1, -0.05) is 37.6 Å². The summed E-state index contributed by atoms with van der Waals surface area (Å²) < 4.78 is 0. The SMILES string of the molecule is CCN(CC)CCC(Cc1ccc(Cl)cc1)NN. The third-order valence-electron chi connectivity index (χ3n) is 3.32. The number of hydrogen-bond acceptors (Lipinski definition) is 3. The van der Waals surface area contributed by atoms with Crippen LogP contribution in [0.15, 0.2) is 24.3 Å². The molecule has 0 aliphatic rings. The molecular formula is C14H24ClN3. The van der Waals surface area contributed by atoms with Crippen LogP contribution in [0.5, 0.6) is 0 Å². The molecule has 1 unspecified atom stereocenters. The van der Waals surface area contributed by atoms with Crippen LogP contribution in [0, 0.1) is 0 Å². The zero-order valence-corrected chi connectivity index (χ0v) is 12.1. The van der Waals surface area contributed by atoms with Crippen LogP contribution in [0.2, 0.25) is 5.02 Å². The Hall–Kier alpha value is -0.610. The van der Waals surface area contributed by atoms with E-state index >= 15 is 0 Å². The highest BCUT2D eigenvalue weighted by Crippen LogP contribution is 2.12. The van der Waals surface area contributed by atoms with E-state index in [1.807, 2.05) is 12.1 Å². The fourth-order valence-corrected chi connectivity index (χ4v) is 2.15. The van der Waals surface area contributed by atoms with E-state index in [1.165, 1.54) is 5.56 Å². The van der Waals surface area contributed by atoms with Crippen molar-refractivity contribution in [1.29, 1.82) is 0 Å². The highest BCUT2D eigenvalue weighted by Gasteiger charge is 2.09. The predicted octanol–water partition coefficient (Wildman–Crippen LogP) is 2.45. The number of hydrogen-bond donors (Lipinski definition) is 2. The average molecular weight is 270 g/mol. The van der Waals surface area contributed by atoms with Crippen LogP contribution in [0.25, 0.3) is 0 Å². The third kappa shape index (κ3) is 5.36. The first-order chi connectivity index (χ1) is 8.69. The van der Waals surface area contributed by atoms with Crippen molar-refractivity contribution < 1.29 is 0 Å². The van der Waals surface area contributed by atoms with E-state index in [1.54, 1.807) is 0 Å². The molecule has 0 saturated heterocycles. The molecule has 0 amide bonds. The smallest absolute Gasteiger partial charge is 0.0406 e. The zero-order chi connectivity index (χ0) is 13.4. The van der Waals surface area contributed by atoms with Crippen LogP contribution in [0.3, 0.4) is 0 Å². The van der Waals surface area contributed by atoms with Crippen LogP contribution in [0.4, 0.5) is 0 Å². The molecule has 1 rings (SSSR count). The van der Waals surface area contributed by atoms with Crippen LogP contribution in [0.1, 0.15) is 25.8 Å². The maximum absolute atomic E-state index is 5.88. The molecular weight excluding hydrogens is 246 g/mol. The maximum Gasteiger partial charge on any atom is 0.0406 e. The molecule has 3 nitrogen and oxygen atoms in total. The highest BCUT2D eigenvalue weighted by molar-refractivity contribution is 6.30. The van der Waals surface area contributed by atoms with E-state index < -0.39 is 0 Å². The van der Waals surface area contributed by atoms with Gasteiger partial charge in [0.05, 0.1) is 0 Å². The molecule has 0 aliphatic carbocycles. The monoisotopic (exact) mass is 269 g/mol. The first-order valence-electron chi connectivity index (χ1n) is 6.62. The van der Waals surface area contributed by atoms with Crippen molar-refractivity contribution in [2.45, 2.75) is 32.7 Å². The summed E-state index contributed by atoms with van der Waals surface area (Å²) in [6, 6.07) is 8.28. The minimum Gasteiger partial charge on any atom is -0.304 e. The molecule has 0 saturated carbocycles. The van der Waals surface area contributed by atoms with Gasteiger partial charge in [-0.2, -0.15) is 0 Å². The number of rotatable bonds is 8. The van der Waals surface area contributed by atoms with Crippen molar-refractivity contribution in [3.63, 3.8) is 0 Å². The van der Waals surface area contributed by atoms with Crippen molar-refractivity contribution >= 4 is 11.6 Å². The fraction of sp³-hybridized carbons (Fsp3) is 0.571. The molecule has 3 N–H and O–H groups in total. The van der Waals surface area contributed by atoms with E-state index in [2.05, 4.69) is 36.3 Å². The molecule has 18 heavy (non-hydrogen) atoms. The zero-order valence-electron chi connectivity index (χ0n) is 11.3. The second-order valence-electron chi connectivity index (χ2n) is 4.51. The van der Waals surface area contributed by atoms with Gasteiger partial charge in [0.25, 0.3) is 0 Å². The fourth-order valence-electron chi connectivity index (χ4n) is 2.03. The number of nitrogens with zero attached hydrogens (tertiary/aromatic N) is 1. The van der Waals surface area contributed by atoms with Gasteiger partial charge in [-0.05, 0) is 50.2 Å². The molecule has 0 fully saturated rings. The standard InChI is InChI=1S/C14H24ClN3/c1-3-18(4-2)10-9-14(17-16)11-12-5-7-13(15)8-6-12/h5-8,14,17H,3-4,9-11,16H2,1-2H3. The van der Waals surface area contributed by atoms with Crippen molar-refractivity contribution in [2.75, 3.05) is 19.6 Å². The van der Waals surface area contributed by atoms with Crippen LogP contribution in [-0.2, 0) is 6.42 Å². The Balaban J connectivity index is 2.44. The number of nitrogens with one attached hydrogen (secondary N) is 1. The Bertz CT molecular complexity index is 322. The predicted molar refractivity (Wildman–Crippen MR) is 78.7 cm³/mol. The number of halogens is 1. The molecule has 1 aromatic rings. The first kappa shape index (κ1) is 15.4. The summed E-state index contributed by atoms with van der Waals surface area (Å²) in [7, 11) is 0. The molecule has 4 heteroatoms. The summed E-state index contributed by atoms with van der Waals surface area (Å²) in [5.74, 6) is 5.63. The first-order valence-corrected chi connectivity index (χ1v) is 7.00.